The maximum atomic E-state index is 12.8. The summed E-state index contributed by atoms with van der Waals surface area (Å²) in [6.45, 7) is 6.30. The first-order chi connectivity index (χ1) is 17.1. The summed E-state index contributed by atoms with van der Waals surface area (Å²) in [7, 11) is 0. The molecule has 2 aliphatic heterocycles. The molecule has 2 aliphatic rings. The number of amides is 2. The predicted octanol–water partition coefficient (Wildman–Crippen LogP) is 4.09. The standard InChI is InChI=1S/C28H33N5O2/c1-21(31-16-5-6-17-31)13-15-29-28(35)24-11-9-22(10-12-24)20-32-26-19-25(23-7-3-2-4-8-23)30-33(26)18-14-27(32)34/h2-4,7-12,19,21H,5-6,13-18,20H2,1H3,(H,29,35)/t21-/m1/s1. The highest BCUT2D eigenvalue weighted by Gasteiger charge is 2.26. The molecule has 7 nitrogen and oxygen atoms in total. The third-order valence-corrected chi connectivity index (χ3v) is 7.11. The van der Waals surface area contributed by atoms with Crippen LogP contribution in [0, 0.1) is 0 Å². The summed E-state index contributed by atoms with van der Waals surface area (Å²) < 4.78 is 1.91. The van der Waals surface area contributed by atoms with Crippen LogP contribution in [-0.2, 0) is 17.9 Å². The highest BCUT2D eigenvalue weighted by Crippen LogP contribution is 2.29. The summed E-state index contributed by atoms with van der Waals surface area (Å²) in [4.78, 5) is 29.7. The zero-order valence-corrected chi connectivity index (χ0v) is 20.3. The lowest BCUT2D eigenvalue weighted by Gasteiger charge is -2.27. The number of rotatable bonds is 8. The molecule has 3 aromatic rings. The minimum absolute atomic E-state index is 0.0511. The first-order valence-corrected chi connectivity index (χ1v) is 12.6. The van der Waals surface area contributed by atoms with Gasteiger partial charge in [-0.15, -0.1) is 0 Å². The lowest BCUT2D eigenvalue weighted by atomic mass is 10.1. The second kappa shape index (κ2) is 10.4. The summed E-state index contributed by atoms with van der Waals surface area (Å²) in [5, 5.41) is 7.77. The number of carbonyl (C=O) groups excluding carboxylic acids is 2. The van der Waals surface area contributed by atoms with E-state index in [1.165, 1.54) is 25.9 Å². The van der Waals surface area contributed by atoms with Crippen LogP contribution >= 0.6 is 0 Å². The van der Waals surface area contributed by atoms with Crippen LogP contribution < -0.4 is 10.2 Å². The zero-order chi connectivity index (χ0) is 24.2. The maximum absolute atomic E-state index is 12.8. The summed E-state index contributed by atoms with van der Waals surface area (Å²) in [5.74, 6) is 0.852. The highest BCUT2D eigenvalue weighted by atomic mass is 16.2. The topological polar surface area (TPSA) is 70.5 Å². The summed E-state index contributed by atoms with van der Waals surface area (Å²) in [6, 6.07) is 20.0. The van der Waals surface area contributed by atoms with Crippen LogP contribution in [0.2, 0.25) is 0 Å². The molecule has 1 N–H and O–H groups in total. The quantitative estimate of drug-likeness (QED) is 0.537. The lowest BCUT2D eigenvalue weighted by Crippen LogP contribution is -2.37. The van der Waals surface area contributed by atoms with Crippen molar-refractivity contribution in [3.63, 3.8) is 0 Å². The van der Waals surface area contributed by atoms with Gasteiger partial charge in [0.25, 0.3) is 5.91 Å². The number of aryl methyl sites for hydroxylation is 1. The molecule has 182 valence electrons. The van der Waals surface area contributed by atoms with Gasteiger partial charge in [-0.3, -0.25) is 14.5 Å². The maximum Gasteiger partial charge on any atom is 0.251 e. The Morgan fingerprint density at radius 3 is 2.51 bits per heavy atom. The van der Waals surface area contributed by atoms with Gasteiger partial charge in [-0.05, 0) is 57.0 Å². The molecule has 2 aromatic carbocycles. The van der Waals surface area contributed by atoms with Crippen molar-refractivity contribution in [2.45, 2.75) is 51.7 Å². The van der Waals surface area contributed by atoms with Gasteiger partial charge in [-0.25, -0.2) is 4.68 Å². The smallest absolute Gasteiger partial charge is 0.251 e. The number of carbonyl (C=O) groups is 2. The number of nitrogens with one attached hydrogen (secondary N) is 1. The molecule has 2 amide bonds. The third-order valence-electron chi connectivity index (χ3n) is 7.11. The molecule has 0 unspecified atom stereocenters. The van der Waals surface area contributed by atoms with Crippen molar-refractivity contribution in [2.24, 2.45) is 0 Å². The molecule has 5 rings (SSSR count). The number of benzene rings is 2. The molecule has 1 atom stereocenters. The summed E-state index contributed by atoms with van der Waals surface area (Å²) >= 11 is 0. The van der Waals surface area contributed by atoms with Crippen molar-refractivity contribution in [3.8, 4) is 11.3 Å². The number of likely N-dealkylation sites (tertiary alicyclic amines) is 1. The van der Waals surface area contributed by atoms with Gasteiger partial charge >= 0.3 is 0 Å². The van der Waals surface area contributed by atoms with E-state index in [-0.39, 0.29) is 11.8 Å². The Kier molecular flexibility index (Phi) is 6.95. The van der Waals surface area contributed by atoms with Crippen LogP contribution in [0.25, 0.3) is 11.3 Å². The largest absolute Gasteiger partial charge is 0.352 e. The van der Waals surface area contributed by atoms with Crippen molar-refractivity contribution < 1.29 is 9.59 Å². The number of fused-ring (bicyclic) bond motifs is 1. The highest BCUT2D eigenvalue weighted by molar-refractivity contribution is 5.95. The normalized spacial score (nSPS) is 16.8. The Hall–Kier alpha value is -3.45. The number of nitrogens with zero attached hydrogens (tertiary/aromatic N) is 4. The van der Waals surface area contributed by atoms with E-state index in [1.54, 1.807) is 4.90 Å². The van der Waals surface area contributed by atoms with E-state index < -0.39 is 0 Å². The first-order valence-electron chi connectivity index (χ1n) is 12.6. The van der Waals surface area contributed by atoms with Crippen molar-refractivity contribution in [1.82, 2.24) is 20.0 Å². The van der Waals surface area contributed by atoms with Crippen molar-refractivity contribution in [1.29, 1.82) is 0 Å². The molecule has 0 aliphatic carbocycles. The van der Waals surface area contributed by atoms with Crippen LogP contribution in [-0.4, -0.2) is 52.2 Å². The van der Waals surface area contributed by atoms with E-state index in [9.17, 15) is 9.59 Å². The van der Waals surface area contributed by atoms with Gasteiger partial charge in [-0.1, -0.05) is 42.5 Å². The van der Waals surface area contributed by atoms with E-state index in [0.29, 0.717) is 37.7 Å². The molecule has 0 spiro atoms. The van der Waals surface area contributed by atoms with Crippen LogP contribution in [0.15, 0.2) is 60.7 Å². The van der Waals surface area contributed by atoms with Crippen LogP contribution in [0.5, 0.6) is 0 Å². The fraction of sp³-hybridized carbons (Fsp3) is 0.393. The fourth-order valence-electron chi connectivity index (χ4n) is 4.98. The zero-order valence-electron chi connectivity index (χ0n) is 20.3. The van der Waals surface area contributed by atoms with E-state index in [2.05, 4.69) is 17.1 Å². The molecular weight excluding hydrogens is 438 g/mol. The summed E-state index contributed by atoms with van der Waals surface area (Å²) in [5.41, 5.74) is 3.52. The minimum atomic E-state index is -0.0511. The van der Waals surface area contributed by atoms with Crippen LogP contribution in [0.4, 0.5) is 5.82 Å². The van der Waals surface area contributed by atoms with Crippen molar-refractivity contribution in [3.05, 3.63) is 71.8 Å². The molecule has 7 heteroatoms. The average Bonchev–Trinajstić information content (AvgIpc) is 3.57. The van der Waals surface area contributed by atoms with Crippen molar-refractivity contribution >= 4 is 17.6 Å². The Morgan fingerprint density at radius 2 is 1.77 bits per heavy atom. The minimum Gasteiger partial charge on any atom is -0.352 e. The van der Waals surface area contributed by atoms with E-state index >= 15 is 0 Å². The Morgan fingerprint density at radius 1 is 1.03 bits per heavy atom. The second-order valence-corrected chi connectivity index (χ2v) is 9.54. The number of aromatic nitrogens is 2. The third kappa shape index (κ3) is 5.30. The Labute approximate surface area is 206 Å². The SMILES string of the molecule is C[C@H](CCNC(=O)c1ccc(CN2C(=O)CCn3nc(-c4ccccc4)cc32)cc1)N1CCCC1. The van der Waals surface area contributed by atoms with Gasteiger partial charge in [0, 0.05) is 36.2 Å². The van der Waals surface area contributed by atoms with Gasteiger partial charge in [0.1, 0.15) is 5.82 Å². The van der Waals surface area contributed by atoms with Crippen LogP contribution in [0.3, 0.4) is 0 Å². The predicted molar refractivity (Wildman–Crippen MR) is 137 cm³/mol. The van der Waals surface area contributed by atoms with Gasteiger partial charge < -0.3 is 10.2 Å². The number of anilines is 1. The molecule has 0 saturated carbocycles. The molecular formula is C28H33N5O2. The molecule has 1 fully saturated rings. The number of hydrogen-bond acceptors (Lipinski definition) is 4. The molecule has 1 saturated heterocycles. The molecule has 3 heterocycles. The van der Waals surface area contributed by atoms with E-state index in [1.807, 2.05) is 65.3 Å². The van der Waals surface area contributed by atoms with Gasteiger partial charge in [0.2, 0.25) is 5.91 Å². The lowest BCUT2D eigenvalue weighted by molar-refractivity contribution is -0.119. The average molecular weight is 472 g/mol. The molecule has 0 radical (unpaired) electrons. The molecule has 0 bridgehead atoms. The number of hydrogen-bond donors (Lipinski definition) is 1. The monoisotopic (exact) mass is 471 g/mol. The summed E-state index contributed by atoms with van der Waals surface area (Å²) in [6.07, 6.45) is 3.95. The molecule has 1 aromatic heterocycles. The van der Waals surface area contributed by atoms with Gasteiger partial charge in [-0.2, -0.15) is 5.10 Å². The van der Waals surface area contributed by atoms with Gasteiger partial charge in [0.05, 0.1) is 18.8 Å². The molecule has 35 heavy (non-hydrogen) atoms. The van der Waals surface area contributed by atoms with E-state index in [0.717, 1.165) is 29.1 Å². The first kappa shape index (κ1) is 23.3. The van der Waals surface area contributed by atoms with Gasteiger partial charge in [0.15, 0.2) is 0 Å². The second-order valence-electron chi connectivity index (χ2n) is 9.54. The fourth-order valence-corrected chi connectivity index (χ4v) is 4.98. The Bertz CT molecular complexity index is 1170. The van der Waals surface area contributed by atoms with E-state index in [4.69, 9.17) is 5.10 Å². The van der Waals surface area contributed by atoms with Crippen molar-refractivity contribution in [2.75, 3.05) is 24.5 Å². The van der Waals surface area contributed by atoms with Crippen LogP contribution in [0.1, 0.15) is 48.5 Å². The Balaban J connectivity index is 1.20.